The van der Waals surface area contributed by atoms with Gasteiger partial charge in [-0.25, -0.2) is 4.98 Å². The number of piperidine rings is 1. The first-order valence-electron chi connectivity index (χ1n) is 9.16. The number of imidazole rings is 1. The lowest BCUT2D eigenvalue weighted by molar-refractivity contribution is 0.149. The monoisotopic (exact) mass is 341 g/mol. The topological polar surface area (TPSA) is 65.2 Å². The zero-order valence-electron chi connectivity index (χ0n) is 14.7. The Kier molecular flexibility index (Phi) is 5.01. The summed E-state index contributed by atoms with van der Waals surface area (Å²) in [4.78, 5) is 10.0. The Balaban J connectivity index is 1.38. The molecule has 2 aromatic rings. The molecule has 0 radical (unpaired) electrons. The molecule has 134 valence electrons. The van der Waals surface area contributed by atoms with Gasteiger partial charge in [0.1, 0.15) is 11.6 Å². The molecule has 0 bridgehead atoms. The lowest BCUT2D eigenvalue weighted by atomic mass is 9.80. The molecule has 2 saturated heterocycles. The van der Waals surface area contributed by atoms with E-state index in [-0.39, 0.29) is 0 Å². The van der Waals surface area contributed by atoms with Crippen LogP contribution in [0.15, 0.2) is 36.7 Å². The van der Waals surface area contributed by atoms with E-state index in [1.807, 2.05) is 18.5 Å². The van der Waals surface area contributed by atoms with Crippen LogP contribution < -0.4 is 15.6 Å². The third-order valence-electron chi connectivity index (χ3n) is 5.61. The van der Waals surface area contributed by atoms with Crippen molar-refractivity contribution in [1.82, 2.24) is 25.7 Å². The molecule has 25 heavy (non-hydrogen) atoms. The van der Waals surface area contributed by atoms with Crippen LogP contribution >= 0.6 is 0 Å². The van der Waals surface area contributed by atoms with Crippen molar-refractivity contribution in [3.05, 3.63) is 48.0 Å². The quantitative estimate of drug-likeness (QED) is 0.775. The highest BCUT2D eigenvalue weighted by atomic mass is 16.5. The maximum absolute atomic E-state index is 5.40. The van der Waals surface area contributed by atoms with Crippen molar-refractivity contribution >= 4 is 0 Å². The third kappa shape index (κ3) is 3.71. The van der Waals surface area contributed by atoms with Crippen LogP contribution in [0, 0.1) is 5.92 Å². The van der Waals surface area contributed by atoms with Crippen LogP contribution in [0.3, 0.4) is 0 Å². The van der Waals surface area contributed by atoms with Gasteiger partial charge in [0.05, 0.1) is 13.7 Å². The van der Waals surface area contributed by atoms with Gasteiger partial charge in [0.15, 0.2) is 0 Å². The summed E-state index contributed by atoms with van der Waals surface area (Å²) in [6, 6.07) is 8.99. The predicted molar refractivity (Wildman–Crippen MR) is 97.3 cm³/mol. The number of hydrogen-bond acceptors (Lipinski definition) is 5. The normalized spacial score (nSPS) is 25.3. The minimum atomic E-state index is 0.484. The molecule has 3 N–H and O–H groups in total. The first kappa shape index (κ1) is 16.6. The Bertz CT molecular complexity index is 666. The average Bonchev–Trinajstić information content (AvgIpc) is 3.34. The van der Waals surface area contributed by atoms with Crippen LogP contribution in [-0.2, 0) is 6.54 Å². The van der Waals surface area contributed by atoms with E-state index in [1.165, 1.54) is 18.4 Å². The van der Waals surface area contributed by atoms with Crippen molar-refractivity contribution in [3.63, 3.8) is 0 Å². The van der Waals surface area contributed by atoms with Crippen LogP contribution in [-0.4, -0.2) is 47.7 Å². The van der Waals surface area contributed by atoms with Crippen molar-refractivity contribution in [3.8, 4) is 5.75 Å². The van der Waals surface area contributed by atoms with Crippen LogP contribution in [0.5, 0.6) is 5.75 Å². The smallest absolute Gasteiger partial charge is 0.120 e. The molecule has 2 aliphatic heterocycles. The van der Waals surface area contributed by atoms with Crippen molar-refractivity contribution in [2.24, 2.45) is 5.92 Å². The van der Waals surface area contributed by atoms with Gasteiger partial charge in [-0.15, -0.1) is 0 Å². The zero-order valence-corrected chi connectivity index (χ0v) is 14.7. The number of methoxy groups -OCH3 is 1. The van der Waals surface area contributed by atoms with E-state index in [0.717, 1.165) is 37.8 Å². The molecule has 2 atom stereocenters. The zero-order chi connectivity index (χ0) is 17.1. The molecule has 2 fully saturated rings. The van der Waals surface area contributed by atoms with Gasteiger partial charge >= 0.3 is 0 Å². The lowest BCUT2D eigenvalue weighted by Gasteiger charge is -2.36. The molecule has 2 unspecified atom stereocenters. The van der Waals surface area contributed by atoms with Gasteiger partial charge in [0.2, 0.25) is 0 Å². The molecule has 6 nitrogen and oxygen atoms in total. The molecular formula is C19H27N5O. The second-order valence-electron chi connectivity index (χ2n) is 7.08. The Hall–Kier alpha value is -1.89. The summed E-state index contributed by atoms with van der Waals surface area (Å²) < 4.78 is 5.40. The van der Waals surface area contributed by atoms with Gasteiger partial charge in [-0.05, 0) is 49.5 Å². The minimum absolute atomic E-state index is 0.484. The second-order valence-corrected chi connectivity index (χ2v) is 7.08. The molecule has 3 heterocycles. The van der Waals surface area contributed by atoms with Crippen LogP contribution in [0.1, 0.15) is 30.1 Å². The van der Waals surface area contributed by atoms with E-state index in [2.05, 4.69) is 43.9 Å². The van der Waals surface area contributed by atoms with Crippen LogP contribution in [0.4, 0.5) is 0 Å². The van der Waals surface area contributed by atoms with E-state index in [0.29, 0.717) is 17.9 Å². The SMILES string of the molecule is COc1cccc(C2CNNC2C2CCN(Cc3ncc[nH]3)CC2)c1. The summed E-state index contributed by atoms with van der Waals surface area (Å²) in [6.07, 6.45) is 6.17. The molecular weight excluding hydrogens is 314 g/mol. The Labute approximate surface area is 148 Å². The standard InChI is InChI=1S/C19H27N5O/c1-25-16-4-2-3-15(11-16)17-12-22-23-19(17)14-5-9-24(10-6-14)13-18-20-7-8-21-18/h2-4,7-8,11,14,17,19,22-23H,5-6,9-10,12-13H2,1H3,(H,20,21). The van der Waals surface area contributed by atoms with Gasteiger partial charge in [-0.2, -0.15) is 0 Å². The number of H-pyrrole nitrogens is 1. The number of benzene rings is 1. The fourth-order valence-electron chi connectivity index (χ4n) is 4.22. The van der Waals surface area contributed by atoms with Gasteiger partial charge in [-0.3, -0.25) is 15.8 Å². The van der Waals surface area contributed by atoms with E-state index in [4.69, 9.17) is 4.74 Å². The summed E-state index contributed by atoms with van der Waals surface area (Å²) in [6.45, 7) is 4.17. The van der Waals surface area contributed by atoms with Gasteiger partial charge in [0, 0.05) is 30.9 Å². The van der Waals surface area contributed by atoms with Crippen molar-refractivity contribution in [2.75, 3.05) is 26.7 Å². The second kappa shape index (κ2) is 7.56. The summed E-state index contributed by atoms with van der Waals surface area (Å²) in [5.41, 5.74) is 8.29. The van der Waals surface area contributed by atoms with Crippen molar-refractivity contribution < 1.29 is 4.74 Å². The first-order valence-corrected chi connectivity index (χ1v) is 9.16. The number of hydrogen-bond donors (Lipinski definition) is 3. The fraction of sp³-hybridized carbons (Fsp3) is 0.526. The van der Waals surface area contributed by atoms with Crippen molar-refractivity contribution in [2.45, 2.75) is 31.3 Å². The minimum Gasteiger partial charge on any atom is -0.497 e. The molecule has 2 aliphatic rings. The van der Waals surface area contributed by atoms with Crippen LogP contribution in [0.2, 0.25) is 0 Å². The maximum atomic E-state index is 5.40. The van der Waals surface area contributed by atoms with Crippen molar-refractivity contribution in [1.29, 1.82) is 0 Å². The fourth-order valence-corrected chi connectivity index (χ4v) is 4.22. The lowest BCUT2D eigenvalue weighted by Crippen LogP contribution is -2.44. The molecule has 4 rings (SSSR count). The number of nitrogens with one attached hydrogen (secondary N) is 3. The number of likely N-dealkylation sites (tertiary alicyclic amines) is 1. The molecule has 0 spiro atoms. The highest BCUT2D eigenvalue weighted by Crippen LogP contribution is 2.33. The summed E-state index contributed by atoms with van der Waals surface area (Å²) >= 11 is 0. The Morgan fingerprint density at radius 3 is 2.92 bits per heavy atom. The summed E-state index contributed by atoms with van der Waals surface area (Å²) in [5, 5.41) is 0. The average molecular weight is 341 g/mol. The number of aromatic amines is 1. The highest BCUT2D eigenvalue weighted by molar-refractivity contribution is 5.32. The molecule has 6 heteroatoms. The highest BCUT2D eigenvalue weighted by Gasteiger charge is 2.36. The third-order valence-corrected chi connectivity index (χ3v) is 5.61. The van der Waals surface area contributed by atoms with E-state index >= 15 is 0 Å². The molecule has 1 aromatic heterocycles. The number of nitrogens with zero attached hydrogens (tertiary/aromatic N) is 2. The summed E-state index contributed by atoms with van der Waals surface area (Å²) in [7, 11) is 1.73. The van der Waals surface area contributed by atoms with Gasteiger partial charge in [-0.1, -0.05) is 12.1 Å². The predicted octanol–water partition coefficient (Wildman–Crippen LogP) is 1.89. The Morgan fingerprint density at radius 1 is 1.28 bits per heavy atom. The van der Waals surface area contributed by atoms with Crippen LogP contribution in [0.25, 0.3) is 0 Å². The number of ether oxygens (including phenoxy) is 1. The molecule has 0 saturated carbocycles. The molecule has 1 aromatic carbocycles. The number of hydrazine groups is 1. The number of aromatic nitrogens is 2. The van der Waals surface area contributed by atoms with E-state index < -0.39 is 0 Å². The summed E-state index contributed by atoms with van der Waals surface area (Å²) in [5.74, 6) is 3.19. The van der Waals surface area contributed by atoms with Gasteiger partial charge < -0.3 is 9.72 Å². The molecule has 0 amide bonds. The maximum Gasteiger partial charge on any atom is 0.120 e. The van der Waals surface area contributed by atoms with E-state index in [1.54, 1.807) is 7.11 Å². The first-order chi connectivity index (χ1) is 12.3. The van der Waals surface area contributed by atoms with E-state index in [9.17, 15) is 0 Å². The Morgan fingerprint density at radius 2 is 2.16 bits per heavy atom. The number of rotatable bonds is 5. The van der Waals surface area contributed by atoms with Gasteiger partial charge in [0.25, 0.3) is 0 Å². The largest absolute Gasteiger partial charge is 0.497 e. The molecule has 0 aliphatic carbocycles.